The molecule has 1 rings (SSSR count). The molecule has 13 heavy (non-hydrogen) atoms. The highest BCUT2D eigenvalue weighted by Gasteiger charge is 2.08. The van der Waals surface area contributed by atoms with Crippen molar-refractivity contribution < 1.29 is 14.3 Å². The third kappa shape index (κ3) is 2.42. The van der Waals surface area contributed by atoms with Crippen molar-refractivity contribution >= 4 is 27.6 Å². The van der Waals surface area contributed by atoms with Gasteiger partial charge in [0.25, 0.3) is 0 Å². The zero-order valence-corrected chi connectivity index (χ0v) is 8.14. The summed E-state index contributed by atoms with van der Waals surface area (Å²) >= 11 is 2.94. The second-order valence-electron chi connectivity index (χ2n) is 2.55. The molecule has 0 aliphatic rings. The lowest BCUT2D eigenvalue weighted by atomic mass is 10.1. The number of aliphatic carboxylic acids is 1. The molecule has 0 aliphatic heterocycles. The summed E-state index contributed by atoms with van der Waals surface area (Å²) < 4.78 is 13.1. The number of carboxylic acid groups (broad SMARTS) is 1. The topological polar surface area (TPSA) is 63.3 Å². The van der Waals surface area contributed by atoms with Crippen molar-refractivity contribution in [3.63, 3.8) is 0 Å². The standard InChI is InChI=1S/C8H7BrFNO2/c9-5-1-4(3-7(12)13)2-6(11)8(5)10/h1-2H,3,11H2,(H,12,13). The predicted molar refractivity (Wildman–Crippen MR) is 49.9 cm³/mol. The maximum absolute atomic E-state index is 12.9. The zero-order valence-electron chi connectivity index (χ0n) is 6.55. The van der Waals surface area contributed by atoms with Crippen molar-refractivity contribution in [2.45, 2.75) is 6.42 Å². The molecule has 5 heteroatoms. The summed E-state index contributed by atoms with van der Waals surface area (Å²) in [6.07, 6.45) is -0.164. The molecule has 0 fully saturated rings. The van der Waals surface area contributed by atoms with Crippen molar-refractivity contribution in [2.24, 2.45) is 0 Å². The first kappa shape index (κ1) is 9.98. The highest BCUT2D eigenvalue weighted by atomic mass is 79.9. The lowest BCUT2D eigenvalue weighted by molar-refractivity contribution is -0.136. The molecule has 0 radical (unpaired) electrons. The van der Waals surface area contributed by atoms with Crippen molar-refractivity contribution in [1.29, 1.82) is 0 Å². The highest BCUT2D eigenvalue weighted by molar-refractivity contribution is 9.10. The van der Waals surface area contributed by atoms with Crippen LogP contribution in [-0.4, -0.2) is 11.1 Å². The molecule has 3 N–H and O–H groups in total. The molecule has 0 aromatic heterocycles. The van der Waals surface area contributed by atoms with Crippen LogP contribution in [0.25, 0.3) is 0 Å². The summed E-state index contributed by atoms with van der Waals surface area (Å²) in [4.78, 5) is 10.3. The maximum atomic E-state index is 12.9. The first-order chi connectivity index (χ1) is 6.00. The van der Waals surface area contributed by atoms with E-state index in [1.807, 2.05) is 0 Å². The van der Waals surface area contributed by atoms with Gasteiger partial charge < -0.3 is 10.8 Å². The number of benzene rings is 1. The van der Waals surface area contributed by atoms with E-state index in [4.69, 9.17) is 10.8 Å². The molecule has 1 aromatic rings. The second kappa shape index (κ2) is 3.74. The molecular weight excluding hydrogens is 241 g/mol. The average Bonchev–Trinajstić information content (AvgIpc) is 1.98. The van der Waals surface area contributed by atoms with Gasteiger partial charge in [0.05, 0.1) is 16.6 Å². The lowest BCUT2D eigenvalue weighted by Crippen LogP contribution is -2.02. The van der Waals surface area contributed by atoms with Crippen molar-refractivity contribution in [2.75, 3.05) is 5.73 Å². The van der Waals surface area contributed by atoms with Crippen LogP contribution in [0.2, 0.25) is 0 Å². The molecule has 0 atom stereocenters. The van der Waals surface area contributed by atoms with Crippen LogP contribution < -0.4 is 5.73 Å². The average molecular weight is 248 g/mol. The normalized spacial score (nSPS) is 10.0. The Labute approximate surface area is 82.5 Å². The molecule has 0 spiro atoms. The SMILES string of the molecule is Nc1cc(CC(=O)O)cc(Br)c1F. The second-order valence-corrected chi connectivity index (χ2v) is 3.41. The van der Waals surface area contributed by atoms with Crippen LogP contribution in [0.3, 0.4) is 0 Å². The Balaban J connectivity index is 3.06. The monoisotopic (exact) mass is 247 g/mol. The van der Waals surface area contributed by atoms with E-state index >= 15 is 0 Å². The fourth-order valence-electron chi connectivity index (χ4n) is 0.945. The quantitative estimate of drug-likeness (QED) is 0.784. The van der Waals surface area contributed by atoms with E-state index in [0.717, 1.165) is 0 Å². The van der Waals surface area contributed by atoms with Gasteiger partial charge in [-0.25, -0.2) is 4.39 Å². The number of hydrogen-bond acceptors (Lipinski definition) is 2. The Kier molecular flexibility index (Phi) is 2.87. The molecule has 1 aromatic carbocycles. The third-order valence-corrected chi connectivity index (χ3v) is 2.05. The molecular formula is C8H7BrFNO2. The molecule has 0 aliphatic carbocycles. The van der Waals surface area contributed by atoms with Crippen molar-refractivity contribution in [3.05, 3.63) is 28.0 Å². The van der Waals surface area contributed by atoms with E-state index in [1.54, 1.807) is 0 Å². The van der Waals surface area contributed by atoms with E-state index in [-0.39, 0.29) is 16.6 Å². The summed E-state index contributed by atoms with van der Waals surface area (Å²) in [7, 11) is 0. The van der Waals surface area contributed by atoms with E-state index in [2.05, 4.69) is 15.9 Å². The van der Waals surface area contributed by atoms with E-state index in [0.29, 0.717) is 5.56 Å². The van der Waals surface area contributed by atoms with Crippen LogP contribution in [0.15, 0.2) is 16.6 Å². The first-order valence-corrected chi connectivity index (χ1v) is 4.25. The van der Waals surface area contributed by atoms with Gasteiger partial charge in [-0.05, 0) is 33.6 Å². The van der Waals surface area contributed by atoms with Crippen LogP contribution in [0, 0.1) is 5.82 Å². The van der Waals surface area contributed by atoms with Gasteiger partial charge in [-0.2, -0.15) is 0 Å². The molecule has 0 unspecified atom stereocenters. The van der Waals surface area contributed by atoms with E-state index in [9.17, 15) is 9.18 Å². The minimum absolute atomic E-state index is 0.0503. The number of carbonyl (C=O) groups is 1. The Morgan fingerprint density at radius 1 is 1.62 bits per heavy atom. The lowest BCUT2D eigenvalue weighted by Gasteiger charge is -2.02. The van der Waals surface area contributed by atoms with Crippen LogP contribution in [0.4, 0.5) is 10.1 Å². The number of rotatable bonds is 2. The Hall–Kier alpha value is -1.10. The Morgan fingerprint density at radius 2 is 2.23 bits per heavy atom. The summed E-state index contributed by atoms with van der Waals surface area (Å²) in [6, 6.07) is 2.72. The number of halogens is 2. The molecule has 3 nitrogen and oxygen atoms in total. The van der Waals surface area contributed by atoms with Gasteiger partial charge in [0, 0.05) is 0 Å². The number of nitrogens with two attached hydrogens (primary N) is 1. The van der Waals surface area contributed by atoms with Gasteiger partial charge in [0.15, 0.2) is 5.82 Å². The molecule has 0 heterocycles. The first-order valence-electron chi connectivity index (χ1n) is 3.46. The minimum Gasteiger partial charge on any atom is -0.481 e. The fraction of sp³-hybridized carbons (Fsp3) is 0.125. The predicted octanol–water partition coefficient (Wildman–Crippen LogP) is 1.80. The van der Waals surface area contributed by atoms with Gasteiger partial charge in [-0.3, -0.25) is 4.79 Å². The third-order valence-electron chi connectivity index (χ3n) is 1.47. The van der Waals surface area contributed by atoms with Crippen LogP contribution in [0.1, 0.15) is 5.56 Å². The van der Waals surface area contributed by atoms with Crippen molar-refractivity contribution in [3.8, 4) is 0 Å². The summed E-state index contributed by atoms with van der Waals surface area (Å²) in [5.41, 5.74) is 5.72. The summed E-state index contributed by atoms with van der Waals surface area (Å²) in [5.74, 6) is -1.54. The molecule has 0 saturated heterocycles. The van der Waals surface area contributed by atoms with Crippen molar-refractivity contribution in [1.82, 2.24) is 0 Å². The van der Waals surface area contributed by atoms with E-state index < -0.39 is 11.8 Å². The largest absolute Gasteiger partial charge is 0.481 e. The summed E-state index contributed by atoms with van der Waals surface area (Å²) in [6.45, 7) is 0. The Bertz CT molecular complexity index is 331. The van der Waals surface area contributed by atoms with Gasteiger partial charge in [0.2, 0.25) is 0 Å². The fourth-order valence-corrected chi connectivity index (χ4v) is 1.47. The zero-order chi connectivity index (χ0) is 10.0. The summed E-state index contributed by atoms with van der Waals surface area (Å²) in [5, 5.41) is 8.47. The van der Waals surface area contributed by atoms with Crippen LogP contribution in [0.5, 0.6) is 0 Å². The van der Waals surface area contributed by atoms with Gasteiger partial charge in [0.1, 0.15) is 0 Å². The maximum Gasteiger partial charge on any atom is 0.307 e. The number of anilines is 1. The smallest absolute Gasteiger partial charge is 0.307 e. The minimum atomic E-state index is -0.974. The van der Waals surface area contributed by atoms with Gasteiger partial charge >= 0.3 is 5.97 Å². The number of carboxylic acids is 1. The molecule has 70 valence electrons. The van der Waals surface area contributed by atoms with Gasteiger partial charge in [-0.1, -0.05) is 0 Å². The molecule has 0 amide bonds. The van der Waals surface area contributed by atoms with Crippen LogP contribution >= 0.6 is 15.9 Å². The van der Waals surface area contributed by atoms with Crippen LogP contribution in [-0.2, 0) is 11.2 Å². The van der Waals surface area contributed by atoms with E-state index in [1.165, 1.54) is 12.1 Å². The number of hydrogen-bond donors (Lipinski definition) is 2. The number of nitrogen functional groups attached to an aromatic ring is 1. The van der Waals surface area contributed by atoms with Gasteiger partial charge in [-0.15, -0.1) is 0 Å². The Morgan fingerprint density at radius 3 is 2.69 bits per heavy atom. The molecule has 0 saturated carbocycles. The molecule has 0 bridgehead atoms. The highest BCUT2D eigenvalue weighted by Crippen LogP contribution is 2.23.